The second-order valence-electron chi connectivity index (χ2n) is 4.46. The molecule has 96 valence electrons. The zero-order valence-corrected chi connectivity index (χ0v) is 10.1. The second-order valence-corrected chi connectivity index (χ2v) is 4.46. The molecular weight excluding hydrogens is 234 g/mol. The van der Waals surface area contributed by atoms with Crippen LogP contribution in [0, 0.1) is 0 Å². The molecule has 7 nitrogen and oxygen atoms in total. The normalized spacial score (nSPS) is 24.7. The molecule has 1 aliphatic rings. The molecule has 1 saturated heterocycles. The monoisotopic (exact) mass is 249 g/mol. The lowest BCUT2D eigenvalue weighted by Gasteiger charge is -2.13. The first-order valence-electron chi connectivity index (χ1n) is 5.87. The van der Waals surface area contributed by atoms with Crippen molar-refractivity contribution in [1.82, 2.24) is 25.5 Å². The van der Waals surface area contributed by atoms with Crippen LogP contribution in [-0.2, 0) is 11.3 Å². The Labute approximate surface area is 104 Å². The number of likely N-dealkylation sites (tertiary alicyclic amines) is 1. The van der Waals surface area contributed by atoms with E-state index in [4.69, 9.17) is 9.26 Å². The van der Waals surface area contributed by atoms with Crippen molar-refractivity contribution in [3.8, 4) is 0 Å². The van der Waals surface area contributed by atoms with Crippen LogP contribution in [-0.4, -0.2) is 51.8 Å². The van der Waals surface area contributed by atoms with Gasteiger partial charge in [0.25, 0.3) is 0 Å². The van der Waals surface area contributed by atoms with Crippen molar-refractivity contribution >= 4 is 0 Å². The third kappa shape index (κ3) is 2.14. The SMILES string of the molecule is CO[C@@H]1CN(Cc2ccon2)C[C@H]1c1cn[nH]n1. The van der Waals surface area contributed by atoms with Gasteiger partial charge in [-0.25, -0.2) is 0 Å². The number of rotatable bonds is 4. The standard InChI is InChI=1S/C11H15N5O2/c1-17-11-7-16(5-8-2-3-18-14-8)6-9(11)10-4-12-15-13-10/h2-4,9,11H,5-7H2,1H3,(H,12,13,15)/t9-,11+/m0/s1. The van der Waals surface area contributed by atoms with Gasteiger partial charge in [-0.05, 0) is 0 Å². The Morgan fingerprint density at radius 1 is 1.56 bits per heavy atom. The molecule has 0 unspecified atom stereocenters. The summed E-state index contributed by atoms with van der Waals surface area (Å²) in [7, 11) is 1.73. The second kappa shape index (κ2) is 4.87. The average Bonchev–Trinajstić information content (AvgIpc) is 3.10. The Morgan fingerprint density at radius 3 is 3.17 bits per heavy atom. The highest BCUT2D eigenvalue weighted by Gasteiger charge is 2.35. The molecule has 1 N–H and O–H groups in total. The zero-order valence-electron chi connectivity index (χ0n) is 10.1. The summed E-state index contributed by atoms with van der Waals surface area (Å²) in [5, 5.41) is 14.6. The highest BCUT2D eigenvalue weighted by Crippen LogP contribution is 2.28. The molecule has 0 bridgehead atoms. The molecule has 2 aromatic heterocycles. The lowest BCUT2D eigenvalue weighted by Crippen LogP contribution is -2.22. The zero-order chi connectivity index (χ0) is 12.4. The molecule has 1 fully saturated rings. The molecule has 7 heteroatoms. The minimum atomic E-state index is 0.141. The predicted octanol–water partition coefficient (Wildman–Crippen LogP) is 0.407. The lowest BCUT2D eigenvalue weighted by atomic mass is 10.0. The first kappa shape index (κ1) is 11.4. The van der Waals surface area contributed by atoms with Crippen molar-refractivity contribution < 1.29 is 9.26 Å². The van der Waals surface area contributed by atoms with E-state index in [1.165, 1.54) is 0 Å². The maximum atomic E-state index is 5.53. The van der Waals surface area contributed by atoms with E-state index in [1.807, 2.05) is 6.07 Å². The van der Waals surface area contributed by atoms with Crippen LogP contribution in [0.15, 0.2) is 23.0 Å². The van der Waals surface area contributed by atoms with Gasteiger partial charge in [0, 0.05) is 38.7 Å². The highest BCUT2D eigenvalue weighted by molar-refractivity contribution is 5.10. The predicted molar refractivity (Wildman–Crippen MR) is 61.7 cm³/mol. The number of ether oxygens (including phenoxy) is 1. The first-order valence-corrected chi connectivity index (χ1v) is 5.87. The molecule has 0 aliphatic carbocycles. The number of H-pyrrole nitrogens is 1. The summed E-state index contributed by atoms with van der Waals surface area (Å²) < 4.78 is 10.4. The molecule has 0 saturated carbocycles. The summed E-state index contributed by atoms with van der Waals surface area (Å²) >= 11 is 0. The van der Waals surface area contributed by atoms with Crippen LogP contribution < -0.4 is 0 Å². The fourth-order valence-corrected chi connectivity index (χ4v) is 2.44. The summed E-state index contributed by atoms with van der Waals surface area (Å²) in [6.45, 7) is 2.52. The number of hydrogen-bond acceptors (Lipinski definition) is 6. The third-order valence-electron chi connectivity index (χ3n) is 3.33. The number of hydrogen-bond donors (Lipinski definition) is 1. The lowest BCUT2D eigenvalue weighted by molar-refractivity contribution is 0.0955. The fourth-order valence-electron chi connectivity index (χ4n) is 2.44. The Bertz CT molecular complexity index is 470. The number of nitrogens with zero attached hydrogens (tertiary/aromatic N) is 4. The van der Waals surface area contributed by atoms with Crippen molar-refractivity contribution in [1.29, 1.82) is 0 Å². The molecule has 1 aliphatic heterocycles. The molecular formula is C11H15N5O2. The van der Waals surface area contributed by atoms with Gasteiger partial charge < -0.3 is 9.26 Å². The summed E-state index contributed by atoms with van der Waals surface area (Å²) in [5.41, 5.74) is 1.88. The number of aromatic amines is 1. The fraction of sp³-hybridized carbons (Fsp3) is 0.545. The Balaban J connectivity index is 1.70. The van der Waals surface area contributed by atoms with E-state index in [2.05, 4.69) is 25.5 Å². The van der Waals surface area contributed by atoms with Crippen molar-refractivity contribution in [3.63, 3.8) is 0 Å². The van der Waals surface area contributed by atoms with Crippen molar-refractivity contribution in [2.24, 2.45) is 0 Å². The van der Waals surface area contributed by atoms with E-state index in [-0.39, 0.29) is 12.0 Å². The highest BCUT2D eigenvalue weighted by atomic mass is 16.5. The van der Waals surface area contributed by atoms with Crippen LogP contribution in [0.3, 0.4) is 0 Å². The summed E-state index contributed by atoms with van der Waals surface area (Å²) in [6, 6.07) is 1.88. The molecule has 0 radical (unpaired) electrons. The number of nitrogens with one attached hydrogen (secondary N) is 1. The van der Waals surface area contributed by atoms with E-state index >= 15 is 0 Å². The van der Waals surface area contributed by atoms with Gasteiger partial charge in [0.05, 0.1) is 23.7 Å². The minimum Gasteiger partial charge on any atom is -0.379 e. The number of aromatic nitrogens is 4. The van der Waals surface area contributed by atoms with Crippen LogP contribution in [0.1, 0.15) is 17.3 Å². The maximum absolute atomic E-state index is 5.53. The summed E-state index contributed by atoms with van der Waals surface area (Å²) in [5.74, 6) is 0.251. The molecule has 2 aromatic rings. The van der Waals surface area contributed by atoms with Crippen molar-refractivity contribution in [3.05, 3.63) is 29.9 Å². The molecule has 0 spiro atoms. The smallest absolute Gasteiger partial charge is 0.124 e. The van der Waals surface area contributed by atoms with Crippen LogP contribution in [0.25, 0.3) is 0 Å². The first-order chi connectivity index (χ1) is 8.86. The average molecular weight is 249 g/mol. The van der Waals surface area contributed by atoms with Gasteiger partial charge in [-0.3, -0.25) is 4.90 Å². The van der Waals surface area contributed by atoms with E-state index in [9.17, 15) is 0 Å². The van der Waals surface area contributed by atoms with Gasteiger partial charge in [-0.2, -0.15) is 15.4 Å². The maximum Gasteiger partial charge on any atom is 0.124 e. The van der Waals surface area contributed by atoms with Crippen LogP contribution in [0.5, 0.6) is 0 Å². The largest absolute Gasteiger partial charge is 0.379 e. The molecule has 0 aromatic carbocycles. The quantitative estimate of drug-likeness (QED) is 0.845. The Hall–Kier alpha value is -1.73. The van der Waals surface area contributed by atoms with E-state index < -0.39 is 0 Å². The molecule has 0 amide bonds. The minimum absolute atomic E-state index is 0.141. The third-order valence-corrected chi connectivity index (χ3v) is 3.33. The van der Waals surface area contributed by atoms with Crippen LogP contribution in [0.4, 0.5) is 0 Å². The van der Waals surface area contributed by atoms with Crippen LogP contribution >= 0.6 is 0 Å². The van der Waals surface area contributed by atoms with Crippen LogP contribution in [0.2, 0.25) is 0 Å². The van der Waals surface area contributed by atoms with Gasteiger partial charge in [0.1, 0.15) is 6.26 Å². The molecule has 3 rings (SSSR count). The van der Waals surface area contributed by atoms with E-state index in [0.717, 1.165) is 31.0 Å². The van der Waals surface area contributed by atoms with Gasteiger partial charge in [-0.1, -0.05) is 5.16 Å². The Morgan fingerprint density at radius 2 is 2.50 bits per heavy atom. The topological polar surface area (TPSA) is 80.1 Å². The Kier molecular flexibility index (Phi) is 3.07. The van der Waals surface area contributed by atoms with Gasteiger partial charge in [0.15, 0.2) is 0 Å². The summed E-state index contributed by atoms with van der Waals surface area (Å²) in [4.78, 5) is 2.28. The van der Waals surface area contributed by atoms with Crippen molar-refractivity contribution in [2.45, 2.75) is 18.6 Å². The number of methoxy groups -OCH3 is 1. The van der Waals surface area contributed by atoms with Crippen molar-refractivity contribution in [2.75, 3.05) is 20.2 Å². The van der Waals surface area contributed by atoms with E-state index in [0.29, 0.717) is 0 Å². The molecule has 3 heterocycles. The molecule has 2 atom stereocenters. The molecule has 18 heavy (non-hydrogen) atoms. The van der Waals surface area contributed by atoms with Gasteiger partial charge in [0.2, 0.25) is 0 Å². The van der Waals surface area contributed by atoms with E-state index in [1.54, 1.807) is 19.6 Å². The summed E-state index contributed by atoms with van der Waals surface area (Å²) in [6.07, 6.45) is 3.49. The van der Waals surface area contributed by atoms with Gasteiger partial charge >= 0.3 is 0 Å². The van der Waals surface area contributed by atoms with Gasteiger partial charge in [-0.15, -0.1) is 0 Å².